The highest BCUT2D eigenvalue weighted by atomic mass is 16.5. The number of hydrogen-bond acceptors (Lipinski definition) is 2. The van der Waals surface area contributed by atoms with Crippen molar-refractivity contribution in [3.63, 3.8) is 0 Å². The van der Waals surface area contributed by atoms with Gasteiger partial charge in [-0.1, -0.05) is 18.9 Å². The summed E-state index contributed by atoms with van der Waals surface area (Å²) in [5.41, 5.74) is 2.01. The van der Waals surface area contributed by atoms with Crippen LogP contribution >= 0.6 is 0 Å². The molecule has 0 radical (unpaired) electrons. The molecule has 4 aliphatic rings. The molecule has 3 saturated carbocycles. The summed E-state index contributed by atoms with van der Waals surface area (Å²) < 4.78 is 6.27. The molecule has 150 valence electrons. The Hall–Kier alpha value is -1.46. The second kappa shape index (κ2) is 6.81. The standard InChI is InChI=1S/C26H34O2/c1-3-26(27)15-6-9-24-23-12-10-18-17-20(28-19-7-4-5-8-19)11-13-21(18)22(23)14-16-25(24,26)2/h1,11,13,17,19,22-24,27H,4-10,12,14-16H2,2H3/t22-,23-,24-,25+,26-/m0/s1. The van der Waals surface area contributed by atoms with Gasteiger partial charge in [0.15, 0.2) is 0 Å². The van der Waals surface area contributed by atoms with Gasteiger partial charge in [-0.05, 0) is 112 Å². The van der Waals surface area contributed by atoms with Gasteiger partial charge in [-0.3, -0.25) is 0 Å². The van der Waals surface area contributed by atoms with Gasteiger partial charge in [-0.25, -0.2) is 0 Å². The lowest BCUT2D eigenvalue weighted by Crippen LogP contribution is -2.57. The Labute approximate surface area is 170 Å². The van der Waals surface area contributed by atoms with Gasteiger partial charge >= 0.3 is 0 Å². The van der Waals surface area contributed by atoms with Gasteiger partial charge in [0.1, 0.15) is 11.4 Å². The van der Waals surface area contributed by atoms with Crippen molar-refractivity contribution in [3.05, 3.63) is 29.3 Å². The Balaban J connectivity index is 1.40. The molecule has 1 aromatic carbocycles. The van der Waals surface area contributed by atoms with Gasteiger partial charge in [0.25, 0.3) is 0 Å². The van der Waals surface area contributed by atoms with Crippen LogP contribution in [0.4, 0.5) is 0 Å². The summed E-state index contributed by atoms with van der Waals surface area (Å²) in [4.78, 5) is 0. The summed E-state index contributed by atoms with van der Waals surface area (Å²) in [5, 5.41) is 11.2. The van der Waals surface area contributed by atoms with E-state index in [2.05, 4.69) is 31.0 Å². The molecule has 0 aromatic heterocycles. The minimum Gasteiger partial charge on any atom is -0.490 e. The predicted octanol–water partition coefficient (Wildman–Crippen LogP) is 5.62. The van der Waals surface area contributed by atoms with E-state index in [9.17, 15) is 5.11 Å². The van der Waals surface area contributed by atoms with Crippen molar-refractivity contribution >= 4 is 0 Å². The first kappa shape index (κ1) is 18.6. The van der Waals surface area contributed by atoms with Crippen LogP contribution in [0, 0.1) is 29.6 Å². The highest BCUT2D eigenvalue weighted by Gasteiger charge is 2.58. The second-order valence-corrected chi connectivity index (χ2v) is 10.2. The molecule has 5 rings (SSSR count). The number of rotatable bonds is 2. The Kier molecular flexibility index (Phi) is 4.51. The summed E-state index contributed by atoms with van der Waals surface area (Å²) in [5.74, 6) is 5.72. The lowest BCUT2D eigenvalue weighted by atomic mass is 9.46. The molecular formula is C26H34O2. The van der Waals surface area contributed by atoms with E-state index >= 15 is 0 Å². The second-order valence-electron chi connectivity index (χ2n) is 10.2. The number of fused-ring (bicyclic) bond motifs is 5. The third-order valence-electron chi connectivity index (χ3n) is 8.93. The van der Waals surface area contributed by atoms with Gasteiger partial charge in [-0.15, -0.1) is 6.42 Å². The van der Waals surface area contributed by atoms with Crippen LogP contribution in [0.15, 0.2) is 18.2 Å². The lowest BCUT2D eigenvalue weighted by molar-refractivity contribution is -0.138. The minimum absolute atomic E-state index is 0.121. The van der Waals surface area contributed by atoms with Gasteiger partial charge < -0.3 is 9.84 Å². The van der Waals surface area contributed by atoms with E-state index in [0.29, 0.717) is 23.9 Å². The summed E-state index contributed by atoms with van der Waals surface area (Å²) >= 11 is 0. The van der Waals surface area contributed by atoms with Crippen molar-refractivity contribution in [2.24, 2.45) is 17.3 Å². The summed E-state index contributed by atoms with van der Waals surface area (Å²) in [6.07, 6.45) is 18.9. The molecule has 0 unspecified atom stereocenters. The molecule has 0 bridgehead atoms. The molecule has 0 spiro atoms. The van der Waals surface area contributed by atoms with E-state index < -0.39 is 5.60 Å². The predicted molar refractivity (Wildman–Crippen MR) is 112 cm³/mol. The number of aryl methyl sites for hydroxylation is 1. The van der Waals surface area contributed by atoms with Crippen molar-refractivity contribution in [2.45, 2.75) is 95.2 Å². The van der Waals surface area contributed by atoms with Gasteiger partial charge in [0, 0.05) is 5.41 Å². The number of terminal acetylenes is 1. The molecule has 0 aliphatic heterocycles. The number of hydrogen-bond donors (Lipinski definition) is 1. The van der Waals surface area contributed by atoms with E-state index in [1.807, 2.05) is 0 Å². The Morgan fingerprint density at radius 1 is 1.07 bits per heavy atom. The van der Waals surface area contributed by atoms with E-state index in [0.717, 1.165) is 37.9 Å². The zero-order valence-corrected chi connectivity index (χ0v) is 17.3. The van der Waals surface area contributed by atoms with Crippen LogP contribution in [0.5, 0.6) is 5.75 Å². The van der Waals surface area contributed by atoms with Crippen molar-refractivity contribution in [3.8, 4) is 18.1 Å². The third-order valence-corrected chi connectivity index (χ3v) is 8.93. The fraction of sp³-hybridized carbons (Fsp3) is 0.692. The van der Waals surface area contributed by atoms with Crippen molar-refractivity contribution in [1.29, 1.82) is 0 Å². The Morgan fingerprint density at radius 2 is 1.89 bits per heavy atom. The van der Waals surface area contributed by atoms with Crippen LogP contribution in [0.3, 0.4) is 0 Å². The molecule has 2 nitrogen and oxygen atoms in total. The molecule has 3 fully saturated rings. The van der Waals surface area contributed by atoms with Crippen LogP contribution in [0.25, 0.3) is 0 Å². The topological polar surface area (TPSA) is 29.5 Å². The number of ether oxygens (including phenoxy) is 1. The van der Waals surface area contributed by atoms with E-state index in [1.165, 1.54) is 44.1 Å². The third kappa shape index (κ3) is 2.73. The van der Waals surface area contributed by atoms with Gasteiger partial charge in [-0.2, -0.15) is 0 Å². The normalized spacial score (nSPS) is 40.1. The SMILES string of the molecule is C#C[C@]1(O)CCC[C@H]2[C@H]3CCc4cc(OC5CCCC5)ccc4[C@@H]3CC[C@]21C. The zero-order valence-electron chi connectivity index (χ0n) is 17.3. The maximum Gasteiger partial charge on any atom is 0.130 e. The summed E-state index contributed by atoms with van der Waals surface area (Å²) in [6, 6.07) is 6.90. The maximum atomic E-state index is 11.2. The lowest BCUT2D eigenvalue weighted by Gasteiger charge is -2.59. The van der Waals surface area contributed by atoms with E-state index in [4.69, 9.17) is 11.2 Å². The van der Waals surface area contributed by atoms with Gasteiger partial charge in [0.2, 0.25) is 0 Å². The molecule has 1 aromatic rings. The minimum atomic E-state index is -0.917. The Bertz CT molecular complexity index is 786. The first-order valence-corrected chi connectivity index (χ1v) is 11.5. The number of benzene rings is 1. The average molecular weight is 379 g/mol. The highest BCUT2D eigenvalue weighted by molar-refractivity contribution is 5.41. The zero-order chi connectivity index (χ0) is 19.4. The molecular weight excluding hydrogens is 344 g/mol. The molecule has 0 amide bonds. The molecule has 28 heavy (non-hydrogen) atoms. The smallest absolute Gasteiger partial charge is 0.130 e. The Morgan fingerprint density at radius 3 is 2.68 bits per heavy atom. The highest BCUT2D eigenvalue weighted by Crippen LogP contribution is 2.62. The molecule has 0 saturated heterocycles. The molecule has 4 aliphatic carbocycles. The van der Waals surface area contributed by atoms with Crippen LogP contribution < -0.4 is 4.74 Å². The van der Waals surface area contributed by atoms with Gasteiger partial charge in [0.05, 0.1) is 6.10 Å². The first-order valence-electron chi connectivity index (χ1n) is 11.5. The first-order chi connectivity index (χ1) is 13.5. The van der Waals surface area contributed by atoms with Crippen LogP contribution in [0.1, 0.15) is 88.2 Å². The average Bonchev–Trinajstić information content (AvgIpc) is 3.21. The van der Waals surface area contributed by atoms with Crippen molar-refractivity contribution in [1.82, 2.24) is 0 Å². The molecule has 0 heterocycles. The fourth-order valence-corrected chi connectivity index (χ4v) is 7.30. The van der Waals surface area contributed by atoms with Crippen LogP contribution in [-0.2, 0) is 6.42 Å². The van der Waals surface area contributed by atoms with Crippen molar-refractivity contribution in [2.75, 3.05) is 0 Å². The monoisotopic (exact) mass is 378 g/mol. The van der Waals surface area contributed by atoms with Crippen LogP contribution in [-0.4, -0.2) is 16.8 Å². The molecule has 1 N–H and O–H groups in total. The largest absolute Gasteiger partial charge is 0.490 e. The summed E-state index contributed by atoms with van der Waals surface area (Å²) in [7, 11) is 0. The van der Waals surface area contributed by atoms with Crippen molar-refractivity contribution < 1.29 is 9.84 Å². The van der Waals surface area contributed by atoms with Crippen LogP contribution in [0.2, 0.25) is 0 Å². The quantitative estimate of drug-likeness (QED) is 0.677. The molecule has 5 atom stereocenters. The fourth-order valence-electron chi connectivity index (χ4n) is 7.30. The van der Waals surface area contributed by atoms with E-state index in [1.54, 1.807) is 5.56 Å². The summed E-state index contributed by atoms with van der Waals surface area (Å²) in [6.45, 7) is 2.28. The van der Waals surface area contributed by atoms with E-state index in [-0.39, 0.29) is 5.41 Å². The maximum absolute atomic E-state index is 11.2. The molecule has 2 heteroatoms. The number of aliphatic hydroxyl groups is 1.